The van der Waals surface area contributed by atoms with E-state index < -0.39 is 10.0 Å². The molecule has 0 atom stereocenters. The number of aryl methyl sites for hydroxylation is 1. The lowest BCUT2D eigenvalue weighted by Crippen LogP contribution is -2.44. The number of rotatable bonds is 4. The molecule has 1 saturated carbocycles. The molecule has 9 heteroatoms. The van der Waals surface area contributed by atoms with Gasteiger partial charge in [-0.1, -0.05) is 12.8 Å². The molecule has 0 amide bonds. The van der Waals surface area contributed by atoms with Crippen LogP contribution in [0.25, 0.3) is 0 Å². The van der Waals surface area contributed by atoms with Crippen molar-refractivity contribution in [3.63, 3.8) is 0 Å². The SMILES string of the molecule is O=S1(=O)CCc2cnc(Nc3ccc(N4CCNCC4)cc3)nc2N1C1CCCC1. The zero-order valence-corrected chi connectivity index (χ0v) is 17.9. The van der Waals surface area contributed by atoms with Gasteiger partial charge in [-0.15, -0.1) is 0 Å². The summed E-state index contributed by atoms with van der Waals surface area (Å²) >= 11 is 0. The van der Waals surface area contributed by atoms with Gasteiger partial charge in [0.25, 0.3) is 0 Å². The summed E-state index contributed by atoms with van der Waals surface area (Å²) in [7, 11) is -3.32. The second-order valence-corrected chi connectivity index (χ2v) is 10.2. The van der Waals surface area contributed by atoms with Crippen LogP contribution in [0.5, 0.6) is 0 Å². The summed E-state index contributed by atoms with van der Waals surface area (Å²) in [5.74, 6) is 1.13. The van der Waals surface area contributed by atoms with Gasteiger partial charge < -0.3 is 15.5 Å². The van der Waals surface area contributed by atoms with Crippen molar-refractivity contribution in [2.24, 2.45) is 0 Å². The van der Waals surface area contributed by atoms with Crippen molar-refractivity contribution < 1.29 is 8.42 Å². The van der Waals surface area contributed by atoms with Crippen LogP contribution in [-0.2, 0) is 16.4 Å². The highest BCUT2D eigenvalue weighted by molar-refractivity contribution is 7.92. The van der Waals surface area contributed by atoms with E-state index in [0.717, 1.165) is 63.1 Å². The van der Waals surface area contributed by atoms with Crippen LogP contribution < -0.4 is 19.8 Å². The first-order valence-corrected chi connectivity index (χ1v) is 12.4. The van der Waals surface area contributed by atoms with Gasteiger partial charge in [0.1, 0.15) is 0 Å². The molecular formula is C21H28N6O2S. The van der Waals surface area contributed by atoms with Crippen molar-refractivity contribution >= 4 is 33.2 Å². The third-order valence-electron chi connectivity index (χ3n) is 6.24. The maximum atomic E-state index is 12.8. The molecule has 2 N–H and O–H groups in total. The Bertz CT molecular complexity index is 999. The first-order valence-electron chi connectivity index (χ1n) is 10.8. The Balaban J connectivity index is 1.38. The van der Waals surface area contributed by atoms with Gasteiger partial charge in [0, 0.05) is 55.4 Å². The lowest BCUT2D eigenvalue weighted by atomic mass is 10.2. The number of piperazine rings is 1. The van der Waals surface area contributed by atoms with Crippen molar-refractivity contribution in [3.8, 4) is 0 Å². The minimum atomic E-state index is -3.32. The summed E-state index contributed by atoms with van der Waals surface area (Å²) < 4.78 is 27.2. The molecular weight excluding hydrogens is 400 g/mol. The predicted molar refractivity (Wildman–Crippen MR) is 119 cm³/mol. The Morgan fingerprint density at radius 3 is 2.53 bits per heavy atom. The highest BCUT2D eigenvalue weighted by Crippen LogP contribution is 2.35. The quantitative estimate of drug-likeness (QED) is 0.772. The number of nitrogens with zero attached hydrogens (tertiary/aromatic N) is 4. The first kappa shape index (κ1) is 19.6. The number of benzene rings is 1. The highest BCUT2D eigenvalue weighted by atomic mass is 32.2. The van der Waals surface area contributed by atoms with E-state index in [0.29, 0.717) is 18.2 Å². The molecule has 160 valence electrons. The van der Waals surface area contributed by atoms with Gasteiger partial charge in [0.15, 0.2) is 5.82 Å². The summed E-state index contributed by atoms with van der Waals surface area (Å²) in [6.07, 6.45) is 6.19. The maximum absolute atomic E-state index is 12.8. The molecule has 0 spiro atoms. The second kappa shape index (κ2) is 8.03. The molecule has 3 heterocycles. The molecule has 3 aliphatic rings. The van der Waals surface area contributed by atoms with Crippen LogP contribution >= 0.6 is 0 Å². The van der Waals surface area contributed by atoms with Crippen molar-refractivity contribution in [1.82, 2.24) is 15.3 Å². The van der Waals surface area contributed by atoms with Crippen molar-refractivity contribution in [3.05, 3.63) is 36.0 Å². The van der Waals surface area contributed by atoms with Crippen molar-refractivity contribution in [2.75, 3.05) is 46.5 Å². The largest absolute Gasteiger partial charge is 0.369 e. The molecule has 30 heavy (non-hydrogen) atoms. The van der Waals surface area contributed by atoms with E-state index in [2.05, 4.69) is 37.6 Å². The van der Waals surface area contributed by atoms with Crippen LogP contribution in [0.4, 0.5) is 23.1 Å². The zero-order chi connectivity index (χ0) is 20.6. The number of hydrogen-bond acceptors (Lipinski definition) is 7. The summed E-state index contributed by atoms with van der Waals surface area (Å²) in [6, 6.07) is 8.26. The Labute approximate surface area is 177 Å². The smallest absolute Gasteiger partial charge is 0.236 e. The Kier molecular flexibility index (Phi) is 5.24. The van der Waals surface area contributed by atoms with Crippen LogP contribution in [0.15, 0.2) is 30.5 Å². The van der Waals surface area contributed by atoms with Gasteiger partial charge in [-0.3, -0.25) is 4.31 Å². The standard InChI is InChI=1S/C21H28N6O2S/c28-30(29)14-9-16-15-23-21(25-20(16)27(30)19-3-1-2-4-19)24-17-5-7-18(8-6-17)26-12-10-22-11-13-26/h5-8,15,19,22H,1-4,9-14H2,(H,23,24,25). The van der Waals surface area contributed by atoms with E-state index in [1.165, 1.54) is 5.69 Å². The molecule has 5 rings (SSSR count). The molecule has 0 radical (unpaired) electrons. The number of fused-ring (bicyclic) bond motifs is 1. The predicted octanol–water partition coefficient (Wildman–Crippen LogP) is 2.26. The van der Waals surface area contributed by atoms with E-state index in [-0.39, 0.29) is 11.8 Å². The first-order chi connectivity index (χ1) is 14.6. The Morgan fingerprint density at radius 1 is 1.07 bits per heavy atom. The normalized spacial score (nSPS) is 21.5. The number of anilines is 4. The topological polar surface area (TPSA) is 90.5 Å². The Morgan fingerprint density at radius 2 is 1.80 bits per heavy atom. The van der Waals surface area contributed by atoms with Crippen molar-refractivity contribution in [1.29, 1.82) is 0 Å². The lowest BCUT2D eigenvalue weighted by molar-refractivity contribution is 0.568. The van der Waals surface area contributed by atoms with Crippen molar-refractivity contribution in [2.45, 2.75) is 38.1 Å². The van der Waals surface area contributed by atoms with Gasteiger partial charge in [-0.25, -0.2) is 13.4 Å². The molecule has 2 fully saturated rings. The molecule has 1 aromatic carbocycles. The fourth-order valence-electron chi connectivity index (χ4n) is 4.64. The average Bonchev–Trinajstić information content (AvgIpc) is 3.28. The van der Waals surface area contributed by atoms with E-state index in [9.17, 15) is 8.42 Å². The molecule has 2 aliphatic heterocycles. The lowest BCUT2D eigenvalue weighted by Gasteiger charge is -2.34. The van der Waals surface area contributed by atoms with Crippen LogP contribution in [0.2, 0.25) is 0 Å². The molecule has 1 aliphatic carbocycles. The number of hydrogen-bond donors (Lipinski definition) is 2. The molecule has 2 aromatic rings. The zero-order valence-electron chi connectivity index (χ0n) is 17.0. The summed E-state index contributed by atoms with van der Waals surface area (Å²) in [5, 5.41) is 6.61. The van der Waals surface area contributed by atoms with Crippen LogP contribution in [0, 0.1) is 0 Å². The Hall–Kier alpha value is -2.39. The van der Waals surface area contributed by atoms with Crippen LogP contribution in [-0.4, -0.2) is 56.4 Å². The fourth-order valence-corrected chi connectivity index (χ4v) is 6.40. The van der Waals surface area contributed by atoms with Gasteiger partial charge in [0.2, 0.25) is 16.0 Å². The monoisotopic (exact) mass is 428 g/mol. The average molecular weight is 429 g/mol. The van der Waals surface area contributed by atoms with Gasteiger partial charge in [-0.05, 0) is 43.5 Å². The van der Waals surface area contributed by atoms with E-state index in [1.807, 2.05) is 12.1 Å². The van der Waals surface area contributed by atoms with E-state index in [4.69, 9.17) is 0 Å². The number of aromatic nitrogens is 2. The third-order valence-corrected chi connectivity index (χ3v) is 8.03. The number of sulfonamides is 1. The molecule has 8 nitrogen and oxygen atoms in total. The molecule has 1 aromatic heterocycles. The minimum Gasteiger partial charge on any atom is -0.369 e. The van der Waals surface area contributed by atoms with E-state index >= 15 is 0 Å². The fraction of sp³-hybridized carbons (Fsp3) is 0.524. The van der Waals surface area contributed by atoms with Crippen LogP contribution in [0.1, 0.15) is 31.2 Å². The maximum Gasteiger partial charge on any atom is 0.236 e. The highest BCUT2D eigenvalue weighted by Gasteiger charge is 2.38. The molecule has 0 unspecified atom stereocenters. The van der Waals surface area contributed by atoms with Gasteiger partial charge in [-0.2, -0.15) is 4.98 Å². The third kappa shape index (κ3) is 3.83. The van der Waals surface area contributed by atoms with Crippen LogP contribution in [0.3, 0.4) is 0 Å². The summed E-state index contributed by atoms with van der Waals surface area (Å²) in [6.45, 7) is 4.02. The molecule has 1 saturated heterocycles. The van der Waals surface area contributed by atoms with Gasteiger partial charge >= 0.3 is 0 Å². The minimum absolute atomic E-state index is 0.0233. The summed E-state index contributed by atoms with van der Waals surface area (Å²) in [4.78, 5) is 11.5. The number of nitrogens with one attached hydrogen (secondary N) is 2. The van der Waals surface area contributed by atoms with E-state index in [1.54, 1.807) is 10.5 Å². The molecule has 0 bridgehead atoms. The second-order valence-electron chi connectivity index (χ2n) is 8.25. The summed E-state index contributed by atoms with van der Waals surface area (Å²) in [5.41, 5.74) is 3.00. The van der Waals surface area contributed by atoms with Gasteiger partial charge in [0.05, 0.1) is 5.75 Å².